The van der Waals surface area contributed by atoms with Gasteiger partial charge in [-0.25, -0.2) is 0 Å². The van der Waals surface area contributed by atoms with Gasteiger partial charge in [-0.3, -0.25) is 9.59 Å². The maximum Gasteiger partial charge on any atom is 0.416 e. The summed E-state index contributed by atoms with van der Waals surface area (Å²) in [6.45, 7) is 8.46. The number of nitrogens with zero attached hydrogens (tertiary/aromatic N) is 1. The van der Waals surface area contributed by atoms with Crippen LogP contribution in [0.5, 0.6) is 0 Å². The molecule has 2 amide bonds. The van der Waals surface area contributed by atoms with E-state index < -0.39 is 17.6 Å². The predicted molar refractivity (Wildman–Crippen MR) is 136 cm³/mol. The molecule has 36 heavy (non-hydrogen) atoms. The Bertz CT molecular complexity index is 1210. The van der Waals surface area contributed by atoms with Crippen LogP contribution in [0.15, 0.2) is 72.8 Å². The normalized spacial score (nSPS) is 11.8. The van der Waals surface area contributed by atoms with E-state index in [0.717, 1.165) is 23.3 Å². The highest BCUT2D eigenvalue weighted by atomic mass is 19.4. The lowest BCUT2D eigenvalue weighted by Gasteiger charge is -2.25. The summed E-state index contributed by atoms with van der Waals surface area (Å²) < 4.78 is 39.9. The van der Waals surface area contributed by atoms with Gasteiger partial charge in [0.25, 0.3) is 11.8 Å². The summed E-state index contributed by atoms with van der Waals surface area (Å²) in [7, 11) is 0. The Morgan fingerprint density at radius 1 is 0.861 bits per heavy atom. The molecule has 0 unspecified atom stereocenters. The third-order valence-corrected chi connectivity index (χ3v) is 5.96. The second kappa shape index (κ2) is 11.0. The molecular formula is C29H31F3N2O2. The summed E-state index contributed by atoms with van der Waals surface area (Å²) in [4.78, 5) is 27.2. The number of benzene rings is 3. The lowest BCUT2D eigenvalue weighted by atomic mass is 9.87. The summed E-state index contributed by atoms with van der Waals surface area (Å²) in [5.74, 6) is -0.636. The molecule has 0 radical (unpaired) electrons. The van der Waals surface area contributed by atoms with E-state index in [4.69, 9.17) is 0 Å². The van der Waals surface area contributed by atoms with Gasteiger partial charge in [-0.1, -0.05) is 57.2 Å². The Kier molecular flexibility index (Phi) is 8.23. The molecule has 0 aliphatic heterocycles. The van der Waals surface area contributed by atoms with Crippen LogP contribution in [-0.2, 0) is 11.6 Å². The van der Waals surface area contributed by atoms with E-state index in [1.807, 2.05) is 12.1 Å². The van der Waals surface area contributed by atoms with Crippen LogP contribution >= 0.6 is 0 Å². The third kappa shape index (κ3) is 6.74. The maximum atomic E-state index is 13.3. The number of carbonyl (C=O) groups excluding carboxylic acids is 2. The number of hydrogen-bond donors (Lipinski definition) is 1. The SMILES string of the molecule is Cc1ccccc1C(=O)N(CCCNC(=O)c1ccc(C(C)(C)C)cc1)c1cccc(C(F)(F)F)c1. The Hall–Kier alpha value is -3.61. The molecule has 0 aromatic heterocycles. The summed E-state index contributed by atoms with van der Waals surface area (Å²) in [5, 5.41) is 2.83. The monoisotopic (exact) mass is 496 g/mol. The van der Waals surface area contributed by atoms with Gasteiger partial charge >= 0.3 is 6.18 Å². The standard InChI is InChI=1S/C29H31F3N2O2/c1-20-9-5-6-12-25(20)27(36)34(24-11-7-10-23(19-24)29(30,31)32)18-8-17-33-26(35)21-13-15-22(16-14-21)28(2,3)4/h5-7,9-16,19H,8,17-18H2,1-4H3,(H,33,35). The summed E-state index contributed by atoms with van der Waals surface area (Å²) in [6, 6.07) is 19.1. The van der Waals surface area contributed by atoms with Crippen LogP contribution in [0.3, 0.4) is 0 Å². The van der Waals surface area contributed by atoms with Crippen molar-refractivity contribution in [3.8, 4) is 0 Å². The topological polar surface area (TPSA) is 49.4 Å². The smallest absolute Gasteiger partial charge is 0.352 e. The van der Waals surface area contributed by atoms with Crippen molar-refractivity contribution in [2.75, 3.05) is 18.0 Å². The molecule has 3 aromatic carbocycles. The van der Waals surface area contributed by atoms with E-state index in [2.05, 4.69) is 26.1 Å². The molecule has 0 saturated carbocycles. The van der Waals surface area contributed by atoms with E-state index in [1.165, 1.54) is 17.0 Å². The van der Waals surface area contributed by atoms with Crippen molar-refractivity contribution in [1.29, 1.82) is 0 Å². The molecule has 0 atom stereocenters. The summed E-state index contributed by atoms with van der Waals surface area (Å²) in [6.07, 6.45) is -4.16. The molecule has 0 aliphatic carbocycles. The number of rotatable bonds is 7. The van der Waals surface area contributed by atoms with Gasteiger partial charge in [0, 0.05) is 29.9 Å². The Balaban J connectivity index is 1.73. The minimum atomic E-state index is -4.52. The highest BCUT2D eigenvalue weighted by Crippen LogP contribution is 2.32. The quantitative estimate of drug-likeness (QED) is 0.367. The van der Waals surface area contributed by atoms with Crippen LogP contribution in [0.25, 0.3) is 0 Å². The van der Waals surface area contributed by atoms with Gasteiger partial charge < -0.3 is 10.2 Å². The molecule has 0 fully saturated rings. The van der Waals surface area contributed by atoms with Crippen LogP contribution in [0, 0.1) is 6.92 Å². The van der Waals surface area contributed by atoms with Crippen LogP contribution in [0.1, 0.15) is 64.6 Å². The highest BCUT2D eigenvalue weighted by Gasteiger charge is 2.31. The molecule has 4 nitrogen and oxygen atoms in total. The minimum Gasteiger partial charge on any atom is -0.352 e. The van der Waals surface area contributed by atoms with Gasteiger partial charge in [0.1, 0.15) is 0 Å². The molecule has 0 spiro atoms. The second-order valence-corrected chi connectivity index (χ2v) is 9.76. The first-order chi connectivity index (χ1) is 16.9. The molecule has 0 bridgehead atoms. The average molecular weight is 497 g/mol. The largest absolute Gasteiger partial charge is 0.416 e. The van der Waals surface area contributed by atoms with Crippen LogP contribution in [0.4, 0.5) is 18.9 Å². The zero-order valence-corrected chi connectivity index (χ0v) is 20.9. The number of anilines is 1. The molecule has 7 heteroatoms. The third-order valence-electron chi connectivity index (χ3n) is 5.96. The van der Waals surface area contributed by atoms with Crippen LogP contribution < -0.4 is 10.2 Å². The van der Waals surface area contributed by atoms with Gasteiger partial charge in [-0.2, -0.15) is 13.2 Å². The molecule has 190 valence electrons. The summed E-state index contributed by atoms with van der Waals surface area (Å²) in [5.41, 5.74) is 2.09. The number of aryl methyl sites for hydroxylation is 1. The van der Waals surface area contributed by atoms with Gasteiger partial charge in [-0.15, -0.1) is 0 Å². The first-order valence-corrected chi connectivity index (χ1v) is 11.8. The second-order valence-electron chi connectivity index (χ2n) is 9.76. The first-order valence-electron chi connectivity index (χ1n) is 11.8. The Morgan fingerprint density at radius 3 is 2.14 bits per heavy atom. The summed E-state index contributed by atoms with van der Waals surface area (Å²) >= 11 is 0. The molecule has 3 aromatic rings. The van der Waals surface area contributed by atoms with Gasteiger partial charge in [0.15, 0.2) is 0 Å². The van der Waals surface area contributed by atoms with Crippen molar-refractivity contribution >= 4 is 17.5 Å². The number of halogens is 3. The molecular weight excluding hydrogens is 465 g/mol. The fourth-order valence-electron chi connectivity index (χ4n) is 3.82. The zero-order chi connectivity index (χ0) is 26.5. The van der Waals surface area contributed by atoms with E-state index in [9.17, 15) is 22.8 Å². The molecule has 0 heterocycles. The first kappa shape index (κ1) is 27.0. The number of carbonyl (C=O) groups is 2. The van der Waals surface area contributed by atoms with Crippen molar-refractivity contribution < 1.29 is 22.8 Å². The molecule has 3 rings (SSSR count). The Labute approximate surface area is 210 Å². The minimum absolute atomic E-state index is 0.0223. The van der Waals surface area contributed by atoms with Gasteiger partial charge in [-0.05, 0) is 66.3 Å². The van der Waals surface area contributed by atoms with Crippen molar-refractivity contribution in [1.82, 2.24) is 5.32 Å². The fourth-order valence-corrected chi connectivity index (χ4v) is 3.82. The molecule has 0 aliphatic rings. The number of alkyl halides is 3. The number of nitrogens with one attached hydrogen (secondary N) is 1. The fraction of sp³-hybridized carbons (Fsp3) is 0.310. The predicted octanol–water partition coefficient (Wildman–Crippen LogP) is 6.78. The highest BCUT2D eigenvalue weighted by molar-refractivity contribution is 6.07. The average Bonchev–Trinajstić information content (AvgIpc) is 2.83. The molecule has 0 saturated heterocycles. The van der Waals surface area contributed by atoms with E-state index in [0.29, 0.717) is 17.5 Å². The van der Waals surface area contributed by atoms with Crippen molar-refractivity contribution in [3.63, 3.8) is 0 Å². The van der Waals surface area contributed by atoms with Crippen molar-refractivity contribution in [2.24, 2.45) is 0 Å². The van der Waals surface area contributed by atoms with E-state index in [-0.39, 0.29) is 30.1 Å². The lowest BCUT2D eigenvalue weighted by Crippen LogP contribution is -2.35. The number of hydrogen-bond acceptors (Lipinski definition) is 2. The number of amides is 2. The van der Waals surface area contributed by atoms with E-state index in [1.54, 1.807) is 43.3 Å². The zero-order valence-electron chi connectivity index (χ0n) is 20.9. The van der Waals surface area contributed by atoms with Gasteiger partial charge in [0.05, 0.1) is 5.56 Å². The van der Waals surface area contributed by atoms with Crippen LogP contribution in [0.2, 0.25) is 0 Å². The molecule has 1 N–H and O–H groups in total. The van der Waals surface area contributed by atoms with Crippen molar-refractivity contribution in [3.05, 3.63) is 101 Å². The maximum absolute atomic E-state index is 13.3. The Morgan fingerprint density at radius 2 is 1.53 bits per heavy atom. The van der Waals surface area contributed by atoms with Gasteiger partial charge in [0.2, 0.25) is 0 Å². The lowest BCUT2D eigenvalue weighted by molar-refractivity contribution is -0.137. The van der Waals surface area contributed by atoms with Crippen molar-refractivity contribution in [2.45, 2.75) is 45.7 Å². The van der Waals surface area contributed by atoms with Crippen LogP contribution in [-0.4, -0.2) is 24.9 Å². The van der Waals surface area contributed by atoms with E-state index >= 15 is 0 Å².